The van der Waals surface area contributed by atoms with Crippen LogP contribution in [-0.2, 0) is 9.53 Å². The molecule has 3 fully saturated rings. The van der Waals surface area contributed by atoms with Gasteiger partial charge in [0.15, 0.2) is 0 Å². The number of ether oxygens (including phenoxy) is 1. The number of allylic oxidation sites excluding steroid dienone is 2. The maximum atomic E-state index is 13.7. The van der Waals surface area contributed by atoms with Crippen LogP contribution in [0.3, 0.4) is 0 Å². The molecular formula is C23H38O3. The third-order valence-corrected chi connectivity index (χ3v) is 8.98. The molecular weight excluding hydrogens is 324 g/mol. The molecule has 3 rings (SSSR count). The molecule has 0 radical (unpaired) electrons. The van der Waals surface area contributed by atoms with Crippen molar-refractivity contribution in [3.63, 3.8) is 0 Å². The van der Waals surface area contributed by atoms with Crippen molar-refractivity contribution >= 4 is 5.78 Å². The highest BCUT2D eigenvalue weighted by molar-refractivity contribution is 5.87. The number of aliphatic hydroxyl groups is 1. The van der Waals surface area contributed by atoms with Crippen LogP contribution in [0.25, 0.3) is 0 Å². The first-order valence-corrected chi connectivity index (χ1v) is 10.5. The Kier molecular flexibility index (Phi) is 5.20. The molecule has 1 N–H and O–H groups in total. The van der Waals surface area contributed by atoms with Gasteiger partial charge in [-0.3, -0.25) is 4.79 Å². The van der Waals surface area contributed by atoms with Gasteiger partial charge in [0.25, 0.3) is 0 Å². The standard InChI is InChI=1S/C23H38O3/c1-7-8-11-21(4)14-18(24)22(5)15(2)9-12-23(16(3)20(21)25)13-10-17(26-6)19(22)23/h7-8,15-19,24H,9-14H2,1-6H3/b8-7-/t15-,16+,17-,18-,19?,21-,22+,23?/m1/s1. The maximum Gasteiger partial charge on any atom is 0.142 e. The maximum absolute atomic E-state index is 13.7. The fourth-order valence-electron chi connectivity index (χ4n) is 7.09. The normalized spacial score (nSPS) is 52.0. The summed E-state index contributed by atoms with van der Waals surface area (Å²) in [7, 11) is 1.81. The Morgan fingerprint density at radius 3 is 2.50 bits per heavy atom. The molecule has 2 unspecified atom stereocenters. The minimum atomic E-state index is -0.479. The van der Waals surface area contributed by atoms with Crippen LogP contribution < -0.4 is 0 Å². The summed E-state index contributed by atoms with van der Waals surface area (Å²) in [6.45, 7) is 10.9. The Hall–Kier alpha value is -0.670. The van der Waals surface area contributed by atoms with Gasteiger partial charge in [-0.05, 0) is 62.7 Å². The molecule has 0 amide bonds. The SMILES string of the molecule is C/C=C\C[C@]1(C)C[C@@H](O)[C@@]2(C)C3[C@H](OC)CCC3(CC[C@H]2C)[C@@H](C)C1=O. The second-order valence-electron chi connectivity index (χ2n) is 9.97. The van der Waals surface area contributed by atoms with Gasteiger partial charge < -0.3 is 9.84 Å². The number of rotatable bonds is 3. The van der Waals surface area contributed by atoms with Crippen LogP contribution in [0.5, 0.6) is 0 Å². The number of carbonyl (C=O) groups excluding carboxylic acids is 1. The van der Waals surface area contributed by atoms with Crippen molar-refractivity contribution in [2.24, 2.45) is 34.0 Å². The third-order valence-electron chi connectivity index (χ3n) is 8.98. The van der Waals surface area contributed by atoms with Gasteiger partial charge in [-0.15, -0.1) is 0 Å². The van der Waals surface area contributed by atoms with Crippen molar-refractivity contribution in [1.29, 1.82) is 0 Å². The van der Waals surface area contributed by atoms with Crippen molar-refractivity contribution in [3.05, 3.63) is 12.2 Å². The molecule has 2 bridgehead atoms. The fraction of sp³-hybridized carbons (Fsp3) is 0.870. The Bertz CT molecular complexity index is 584. The molecule has 0 saturated heterocycles. The Morgan fingerprint density at radius 1 is 1.23 bits per heavy atom. The molecule has 8 atom stereocenters. The molecule has 3 saturated carbocycles. The van der Waals surface area contributed by atoms with E-state index in [9.17, 15) is 9.90 Å². The van der Waals surface area contributed by atoms with Gasteiger partial charge in [0, 0.05) is 23.9 Å². The van der Waals surface area contributed by atoms with Gasteiger partial charge in [-0.25, -0.2) is 0 Å². The van der Waals surface area contributed by atoms with E-state index < -0.39 is 11.5 Å². The largest absolute Gasteiger partial charge is 0.393 e. The van der Waals surface area contributed by atoms with Crippen molar-refractivity contribution in [2.45, 2.75) is 85.4 Å². The quantitative estimate of drug-likeness (QED) is 0.735. The van der Waals surface area contributed by atoms with Crippen LogP contribution in [0.15, 0.2) is 12.2 Å². The monoisotopic (exact) mass is 362 g/mol. The first-order valence-electron chi connectivity index (χ1n) is 10.5. The Labute approximate surface area is 159 Å². The van der Waals surface area contributed by atoms with E-state index in [-0.39, 0.29) is 28.8 Å². The summed E-state index contributed by atoms with van der Waals surface area (Å²) < 4.78 is 5.94. The summed E-state index contributed by atoms with van der Waals surface area (Å²) in [6.07, 6.45) is 9.36. The lowest BCUT2D eigenvalue weighted by Crippen LogP contribution is -2.62. The number of Topliss-reactive ketones (excluding diaryl/α,β-unsaturated/α-hetero) is 1. The minimum Gasteiger partial charge on any atom is -0.393 e. The number of methoxy groups -OCH3 is 1. The lowest BCUT2D eigenvalue weighted by Gasteiger charge is -2.61. The van der Waals surface area contributed by atoms with Gasteiger partial charge in [0.1, 0.15) is 5.78 Å². The van der Waals surface area contributed by atoms with E-state index in [1.54, 1.807) is 7.11 Å². The second-order valence-corrected chi connectivity index (χ2v) is 9.97. The van der Waals surface area contributed by atoms with E-state index in [1.165, 1.54) is 0 Å². The lowest BCUT2D eigenvalue weighted by molar-refractivity contribution is -0.191. The topological polar surface area (TPSA) is 46.5 Å². The van der Waals surface area contributed by atoms with E-state index >= 15 is 0 Å². The van der Waals surface area contributed by atoms with Gasteiger partial charge in [-0.1, -0.05) is 39.8 Å². The molecule has 0 heterocycles. The van der Waals surface area contributed by atoms with Crippen molar-refractivity contribution in [3.8, 4) is 0 Å². The second kappa shape index (κ2) is 6.74. The Balaban J connectivity index is 2.15. The highest BCUT2D eigenvalue weighted by Crippen LogP contribution is 2.68. The summed E-state index contributed by atoms with van der Waals surface area (Å²) in [5, 5.41) is 11.5. The summed E-state index contributed by atoms with van der Waals surface area (Å²) in [6, 6.07) is 0. The van der Waals surface area contributed by atoms with E-state index in [0.29, 0.717) is 18.1 Å². The van der Waals surface area contributed by atoms with Crippen LogP contribution in [0, 0.1) is 34.0 Å². The van der Waals surface area contributed by atoms with Crippen LogP contribution in [-0.4, -0.2) is 30.2 Å². The highest BCUT2D eigenvalue weighted by Gasteiger charge is 2.67. The van der Waals surface area contributed by atoms with Crippen molar-refractivity contribution < 1.29 is 14.6 Å². The van der Waals surface area contributed by atoms with E-state index in [2.05, 4.69) is 33.8 Å². The summed E-state index contributed by atoms with van der Waals surface area (Å²) in [4.78, 5) is 13.7. The van der Waals surface area contributed by atoms with Crippen LogP contribution in [0.1, 0.15) is 73.1 Å². The first kappa shape index (κ1) is 20.1. The summed E-state index contributed by atoms with van der Waals surface area (Å²) in [5.74, 6) is 1.09. The zero-order valence-corrected chi connectivity index (χ0v) is 17.5. The Morgan fingerprint density at radius 2 is 1.88 bits per heavy atom. The molecule has 0 spiro atoms. The molecule has 0 aromatic heterocycles. The number of hydrogen-bond donors (Lipinski definition) is 1. The van der Waals surface area contributed by atoms with Gasteiger partial charge in [0.2, 0.25) is 0 Å². The zero-order valence-electron chi connectivity index (χ0n) is 17.5. The summed E-state index contributed by atoms with van der Waals surface area (Å²) in [5.41, 5.74) is -0.689. The van der Waals surface area contributed by atoms with Gasteiger partial charge in [-0.2, -0.15) is 0 Å². The first-order chi connectivity index (χ1) is 12.2. The smallest absolute Gasteiger partial charge is 0.142 e. The van der Waals surface area contributed by atoms with Crippen LogP contribution in [0.4, 0.5) is 0 Å². The molecule has 0 aromatic rings. The average Bonchev–Trinajstić information content (AvgIpc) is 3.02. The van der Waals surface area contributed by atoms with E-state index in [1.807, 2.05) is 13.0 Å². The average molecular weight is 363 g/mol. The highest BCUT2D eigenvalue weighted by atomic mass is 16.5. The predicted molar refractivity (Wildman–Crippen MR) is 105 cm³/mol. The fourth-order valence-corrected chi connectivity index (χ4v) is 7.09. The molecule has 3 heteroatoms. The van der Waals surface area contributed by atoms with Crippen LogP contribution in [0.2, 0.25) is 0 Å². The predicted octanol–water partition coefficient (Wildman–Crippen LogP) is 4.78. The minimum absolute atomic E-state index is 0.0163. The van der Waals surface area contributed by atoms with Crippen LogP contribution >= 0.6 is 0 Å². The molecule has 0 aliphatic heterocycles. The lowest BCUT2D eigenvalue weighted by atomic mass is 9.44. The molecule has 3 aliphatic carbocycles. The molecule has 148 valence electrons. The molecule has 3 nitrogen and oxygen atoms in total. The van der Waals surface area contributed by atoms with Gasteiger partial charge in [0.05, 0.1) is 12.2 Å². The number of ketones is 1. The number of carbonyl (C=O) groups is 1. The number of aliphatic hydroxyl groups excluding tert-OH is 1. The van der Waals surface area contributed by atoms with E-state index in [4.69, 9.17) is 4.74 Å². The van der Waals surface area contributed by atoms with E-state index in [0.717, 1.165) is 32.1 Å². The van der Waals surface area contributed by atoms with Crippen molar-refractivity contribution in [2.75, 3.05) is 7.11 Å². The molecule has 0 aromatic carbocycles. The van der Waals surface area contributed by atoms with Crippen molar-refractivity contribution in [1.82, 2.24) is 0 Å². The van der Waals surface area contributed by atoms with Gasteiger partial charge >= 0.3 is 0 Å². The molecule has 26 heavy (non-hydrogen) atoms. The number of hydrogen-bond acceptors (Lipinski definition) is 3. The zero-order chi connectivity index (χ0) is 19.3. The molecule has 3 aliphatic rings. The third kappa shape index (κ3) is 2.57. The summed E-state index contributed by atoms with van der Waals surface area (Å²) >= 11 is 0.